The van der Waals surface area contributed by atoms with E-state index in [4.69, 9.17) is 34.8 Å². The third-order valence-corrected chi connectivity index (χ3v) is 4.18. The summed E-state index contributed by atoms with van der Waals surface area (Å²) in [6, 6.07) is 1.48. The van der Waals surface area contributed by atoms with Crippen molar-refractivity contribution < 1.29 is 13.2 Å². The number of nitrogens with one attached hydrogen (secondary N) is 1. The molecule has 0 bridgehead atoms. The van der Waals surface area contributed by atoms with Gasteiger partial charge in [0.25, 0.3) is 0 Å². The van der Waals surface area contributed by atoms with Crippen LogP contribution in [0.15, 0.2) is 6.07 Å². The molecule has 1 aromatic rings. The van der Waals surface area contributed by atoms with Crippen LogP contribution in [0.5, 0.6) is 0 Å². The Labute approximate surface area is 135 Å². The van der Waals surface area contributed by atoms with Gasteiger partial charge in [-0.2, -0.15) is 13.2 Å². The van der Waals surface area contributed by atoms with E-state index in [9.17, 15) is 13.2 Å². The van der Waals surface area contributed by atoms with Gasteiger partial charge in [0.2, 0.25) is 0 Å². The zero-order valence-electron chi connectivity index (χ0n) is 10.9. The first-order chi connectivity index (χ1) is 9.74. The molecule has 0 saturated carbocycles. The molecule has 118 valence electrons. The Kier molecular flexibility index (Phi) is 5.46. The van der Waals surface area contributed by atoms with Gasteiger partial charge in [-0.3, -0.25) is 4.90 Å². The number of hydrogen-bond acceptors (Lipinski definition) is 3. The van der Waals surface area contributed by atoms with Gasteiger partial charge in [0.05, 0.1) is 16.6 Å². The highest BCUT2D eigenvalue weighted by Crippen LogP contribution is 2.29. The van der Waals surface area contributed by atoms with Crippen molar-refractivity contribution in [1.82, 2.24) is 9.88 Å². The standard InChI is InChI=1S/C12H13Cl3F3N3/c13-8-3-9(14)11(20-10(8)15)19-4-7-1-2-21(5-7)6-12(16,17)18/h3,7H,1-2,4-6H2,(H,19,20). The van der Waals surface area contributed by atoms with Crippen molar-refractivity contribution in [2.75, 3.05) is 31.5 Å². The third-order valence-electron chi connectivity index (χ3n) is 3.22. The third kappa shape index (κ3) is 5.06. The van der Waals surface area contributed by atoms with E-state index in [1.54, 1.807) is 0 Å². The van der Waals surface area contributed by atoms with Gasteiger partial charge in [-0.25, -0.2) is 4.98 Å². The van der Waals surface area contributed by atoms with Gasteiger partial charge < -0.3 is 5.32 Å². The van der Waals surface area contributed by atoms with Crippen molar-refractivity contribution >= 4 is 40.6 Å². The van der Waals surface area contributed by atoms with Gasteiger partial charge in [0.15, 0.2) is 0 Å². The molecule has 1 saturated heterocycles. The lowest BCUT2D eigenvalue weighted by atomic mass is 10.1. The van der Waals surface area contributed by atoms with Gasteiger partial charge in [0.1, 0.15) is 11.0 Å². The van der Waals surface area contributed by atoms with Crippen LogP contribution in [0.4, 0.5) is 19.0 Å². The van der Waals surface area contributed by atoms with Crippen molar-refractivity contribution in [3.05, 3.63) is 21.3 Å². The highest BCUT2D eigenvalue weighted by atomic mass is 35.5. The molecular formula is C12H13Cl3F3N3. The topological polar surface area (TPSA) is 28.2 Å². The monoisotopic (exact) mass is 361 g/mol. The minimum Gasteiger partial charge on any atom is -0.368 e. The number of aromatic nitrogens is 1. The number of hydrogen-bond donors (Lipinski definition) is 1. The van der Waals surface area contributed by atoms with Gasteiger partial charge in [-0.05, 0) is 24.9 Å². The molecule has 0 spiro atoms. The van der Waals surface area contributed by atoms with Gasteiger partial charge in [-0.15, -0.1) is 0 Å². The summed E-state index contributed by atoms with van der Waals surface area (Å²) in [6.07, 6.45) is -3.46. The second-order valence-electron chi connectivity index (χ2n) is 4.98. The van der Waals surface area contributed by atoms with Crippen LogP contribution in [0.25, 0.3) is 0 Å². The van der Waals surface area contributed by atoms with Crippen molar-refractivity contribution in [1.29, 1.82) is 0 Å². The highest BCUT2D eigenvalue weighted by molar-refractivity contribution is 6.42. The summed E-state index contributed by atoms with van der Waals surface area (Å²) in [4.78, 5) is 5.41. The van der Waals surface area contributed by atoms with Crippen LogP contribution >= 0.6 is 34.8 Å². The zero-order valence-corrected chi connectivity index (χ0v) is 13.1. The van der Waals surface area contributed by atoms with Crippen LogP contribution in [0.3, 0.4) is 0 Å². The Hall–Kier alpha value is -0.430. The Bertz CT molecular complexity index is 511. The number of likely N-dealkylation sites (tertiary alicyclic amines) is 1. The molecule has 0 aliphatic carbocycles. The molecule has 1 atom stereocenters. The van der Waals surface area contributed by atoms with Gasteiger partial charge in [0, 0.05) is 13.1 Å². The quantitative estimate of drug-likeness (QED) is 0.808. The number of anilines is 1. The van der Waals surface area contributed by atoms with Crippen molar-refractivity contribution in [3.63, 3.8) is 0 Å². The number of halogens is 6. The summed E-state index contributed by atoms with van der Waals surface area (Å²) >= 11 is 17.6. The number of alkyl halides is 3. The summed E-state index contributed by atoms with van der Waals surface area (Å²) in [5.74, 6) is 0.500. The van der Waals surface area contributed by atoms with E-state index in [-0.39, 0.29) is 16.1 Å². The van der Waals surface area contributed by atoms with Crippen LogP contribution in [-0.2, 0) is 0 Å². The molecule has 1 aliphatic heterocycles. The molecular weight excluding hydrogens is 350 g/mol. The van der Waals surface area contributed by atoms with E-state index in [2.05, 4.69) is 10.3 Å². The molecule has 1 aliphatic rings. The fraction of sp³-hybridized carbons (Fsp3) is 0.583. The maximum atomic E-state index is 12.3. The van der Waals surface area contributed by atoms with Crippen LogP contribution in [0, 0.1) is 5.92 Å². The molecule has 0 radical (unpaired) electrons. The lowest BCUT2D eigenvalue weighted by Gasteiger charge is -2.18. The highest BCUT2D eigenvalue weighted by Gasteiger charge is 2.34. The maximum absolute atomic E-state index is 12.3. The first-order valence-corrected chi connectivity index (χ1v) is 7.42. The molecule has 1 fully saturated rings. The lowest BCUT2D eigenvalue weighted by Crippen LogP contribution is -2.33. The molecule has 3 nitrogen and oxygen atoms in total. The van der Waals surface area contributed by atoms with Crippen molar-refractivity contribution in [2.45, 2.75) is 12.6 Å². The smallest absolute Gasteiger partial charge is 0.368 e. The van der Waals surface area contributed by atoms with E-state index < -0.39 is 12.7 Å². The minimum absolute atomic E-state index is 0.111. The SMILES string of the molecule is FC(F)(F)CN1CCC(CNc2nc(Cl)c(Cl)cc2Cl)C1. The fourth-order valence-electron chi connectivity index (χ4n) is 2.29. The van der Waals surface area contributed by atoms with E-state index in [1.165, 1.54) is 11.0 Å². The first-order valence-electron chi connectivity index (χ1n) is 6.29. The van der Waals surface area contributed by atoms with Crippen LogP contribution in [0.1, 0.15) is 6.42 Å². The van der Waals surface area contributed by atoms with E-state index in [0.29, 0.717) is 36.9 Å². The average Bonchev–Trinajstić information content (AvgIpc) is 2.77. The minimum atomic E-state index is -4.16. The summed E-state index contributed by atoms with van der Waals surface area (Å²) < 4.78 is 36.9. The number of rotatable bonds is 4. The molecule has 1 unspecified atom stereocenters. The number of pyridine rings is 1. The van der Waals surface area contributed by atoms with Crippen LogP contribution in [-0.4, -0.2) is 42.2 Å². The van der Waals surface area contributed by atoms with Gasteiger partial charge >= 0.3 is 6.18 Å². The van der Waals surface area contributed by atoms with Gasteiger partial charge in [-0.1, -0.05) is 34.8 Å². The van der Waals surface area contributed by atoms with Crippen LogP contribution in [0.2, 0.25) is 15.2 Å². The summed E-state index contributed by atoms with van der Waals surface area (Å²) in [7, 11) is 0. The summed E-state index contributed by atoms with van der Waals surface area (Å²) in [5.41, 5.74) is 0. The predicted octanol–water partition coefficient (Wildman–Crippen LogP) is 4.34. The van der Waals surface area contributed by atoms with E-state index >= 15 is 0 Å². The normalized spacial score (nSPS) is 20.0. The van der Waals surface area contributed by atoms with E-state index in [0.717, 1.165) is 0 Å². The molecule has 21 heavy (non-hydrogen) atoms. The fourth-order valence-corrected chi connectivity index (χ4v) is 2.85. The number of nitrogens with zero attached hydrogens (tertiary/aromatic N) is 2. The summed E-state index contributed by atoms with van der Waals surface area (Å²) in [6.45, 7) is 0.453. The molecule has 2 heterocycles. The molecule has 1 aromatic heterocycles. The Balaban J connectivity index is 1.86. The Morgan fingerprint density at radius 1 is 1.29 bits per heavy atom. The molecule has 1 N–H and O–H groups in total. The largest absolute Gasteiger partial charge is 0.401 e. The second-order valence-corrected chi connectivity index (χ2v) is 6.15. The summed E-state index contributed by atoms with van der Waals surface area (Å²) in [5, 5.41) is 3.73. The first kappa shape index (κ1) is 16.9. The van der Waals surface area contributed by atoms with Crippen molar-refractivity contribution in [2.24, 2.45) is 5.92 Å². The molecule has 0 amide bonds. The predicted molar refractivity (Wildman–Crippen MR) is 78.4 cm³/mol. The lowest BCUT2D eigenvalue weighted by molar-refractivity contribution is -0.143. The zero-order chi connectivity index (χ0) is 15.6. The average molecular weight is 363 g/mol. The maximum Gasteiger partial charge on any atom is 0.401 e. The second kappa shape index (κ2) is 6.77. The Morgan fingerprint density at radius 3 is 2.67 bits per heavy atom. The van der Waals surface area contributed by atoms with Crippen molar-refractivity contribution in [3.8, 4) is 0 Å². The molecule has 0 aromatic carbocycles. The van der Waals surface area contributed by atoms with E-state index in [1.807, 2.05) is 0 Å². The molecule has 9 heteroatoms. The molecule has 2 rings (SSSR count). The van der Waals surface area contributed by atoms with Crippen LogP contribution < -0.4 is 5.32 Å². The Morgan fingerprint density at radius 2 is 2.00 bits per heavy atom.